The molecule has 1 aliphatic rings. The molecule has 0 aromatic heterocycles. The van der Waals surface area contributed by atoms with Gasteiger partial charge in [-0.05, 0) is 38.5 Å². The molecule has 1 aliphatic heterocycles. The van der Waals surface area contributed by atoms with Crippen LogP contribution in [-0.2, 0) is 9.53 Å². The Hall–Kier alpha value is -1.91. The number of carbonyl (C=O) groups is 2. The predicted molar refractivity (Wildman–Crippen MR) is 71.7 cm³/mol. The van der Waals surface area contributed by atoms with Crippen molar-refractivity contribution in [3.8, 4) is 0 Å². The fourth-order valence-corrected chi connectivity index (χ4v) is 2.21. The van der Waals surface area contributed by atoms with E-state index in [0.717, 1.165) is 0 Å². The summed E-state index contributed by atoms with van der Waals surface area (Å²) in [7, 11) is 0. The molecule has 0 saturated carbocycles. The third-order valence-corrected chi connectivity index (χ3v) is 3.01. The molecule has 1 atom stereocenters. The van der Waals surface area contributed by atoms with Gasteiger partial charge in [0.1, 0.15) is 11.4 Å². The second-order valence-corrected chi connectivity index (χ2v) is 5.92. The molecule has 1 saturated heterocycles. The molecule has 2 rings (SSSR count). The van der Waals surface area contributed by atoms with Crippen molar-refractivity contribution in [3.63, 3.8) is 0 Å². The third kappa shape index (κ3) is 3.35. The van der Waals surface area contributed by atoms with Crippen LogP contribution in [0.25, 0.3) is 0 Å². The van der Waals surface area contributed by atoms with Crippen molar-refractivity contribution in [3.05, 3.63) is 35.6 Å². The Balaban J connectivity index is 2.23. The molecule has 0 radical (unpaired) electrons. The van der Waals surface area contributed by atoms with Crippen LogP contribution in [0.5, 0.6) is 0 Å². The van der Waals surface area contributed by atoms with E-state index in [1.165, 1.54) is 17.0 Å². The van der Waals surface area contributed by atoms with Crippen LogP contribution in [0.4, 0.5) is 9.18 Å². The van der Waals surface area contributed by atoms with Crippen molar-refractivity contribution in [1.82, 2.24) is 4.90 Å². The number of halogens is 1. The number of hydrogen-bond acceptors (Lipinski definition) is 3. The number of rotatable bonds is 1. The highest BCUT2D eigenvalue weighted by molar-refractivity contribution is 5.88. The minimum absolute atomic E-state index is 0.0100. The van der Waals surface area contributed by atoms with Crippen LogP contribution in [0.1, 0.15) is 38.8 Å². The molecule has 0 bridgehead atoms. The van der Waals surface area contributed by atoms with Crippen LogP contribution >= 0.6 is 0 Å². The third-order valence-electron chi connectivity index (χ3n) is 3.01. The summed E-state index contributed by atoms with van der Waals surface area (Å²) >= 11 is 0. The summed E-state index contributed by atoms with van der Waals surface area (Å²) in [5, 5.41) is 0. The molecule has 108 valence electrons. The van der Waals surface area contributed by atoms with Gasteiger partial charge in [-0.25, -0.2) is 9.18 Å². The number of nitrogens with zero attached hydrogens (tertiary/aromatic N) is 1. The van der Waals surface area contributed by atoms with E-state index in [1.807, 2.05) is 0 Å². The first kappa shape index (κ1) is 14.5. The van der Waals surface area contributed by atoms with E-state index in [1.54, 1.807) is 32.9 Å². The Morgan fingerprint density at radius 1 is 1.40 bits per heavy atom. The SMILES string of the molecule is CC(C)(C)OC(=O)N1CC(=O)C[C@@H]1c1cccc(F)c1. The Labute approximate surface area is 117 Å². The van der Waals surface area contributed by atoms with Gasteiger partial charge in [0.05, 0.1) is 12.6 Å². The Kier molecular flexibility index (Phi) is 3.79. The molecule has 0 spiro atoms. The van der Waals surface area contributed by atoms with Gasteiger partial charge in [0.15, 0.2) is 5.78 Å². The highest BCUT2D eigenvalue weighted by Gasteiger charge is 2.37. The highest BCUT2D eigenvalue weighted by Crippen LogP contribution is 2.31. The second kappa shape index (κ2) is 5.23. The fourth-order valence-electron chi connectivity index (χ4n) is 2.21. The Morgan fingerprint density at radius 2 is 2.10 bits per heavy atom. The lowest BCUT2D eigenvalue weighted by Gasteiger charge is -2.28. The molecule has 0 N–H and O–H groups in total. The minimum atomic E-state index is -0.630. The van der Waals surface area contributed by atoms with E-state index in [2.05, 4.69) is 0 Å². The summed E-state index contributed by atoms with van der Waals surface area (Å²) in [4.78, 5) is 25.1. The van der Waals surface area contributed by atoms with Gasteiger partial charge >= 0.3 is 6.09 Å². The van der Waals surface area contributed by atoms with Crippen LogP contribution in [-0.4, -0.2) is 28.9 Å². The normalized spacial score (nSPS) is 19.3. The van der Waals surface area contributed by atoms with Crippen LogP contribution in [0.2, 0.25) is 0 Å². The summed E-state index contributed by atoms with van der Waals surface area (Å²) in [6.45, 7) is 5.30. The van der Waals surface area contributed by atoms with Crippen molar-refractivity contribution in [2.75, 3.05) is 6.54 Å². The smallest absolute Gasteiger partial charge is 0.411 e. The molecule has 1 fully saturated rings. The van der Waals surface area contributed by atoms with Gasteiger partial charge in [-0.15, -0.1) is 0 Å². The number of benzene rings is 1. The van der Waals surface area contributed by atoms with Gasteiger partial charge in [0.25, 0.3) is 0 Å². The molecule has 5 heteroatoms. The zero-order valence-electron chi connectivity index (χ0n) is 11.9. The standard InChI is InChI=1S/C15H18FNO3/c1-15(2,3)20-14(19)17-9-12(18)8-13(17)10-5-4-6-11(16)7-10/h4-7,13H,8-9H2,1-3H3/t13-/m1/s1. The summed E-state index contributed by atoms with van der Waals surface area (Å²) in [6.07, 6.45) is -0.347. The van der Waals surface area contributed by atoms with E-state index in [9.17, 15) is 14.0 Å². The maximum atomic E-state index is 13.3. The van der Waals surface area contributed by atoms with E-state index in [0.29, 0.717) is 5.56 Å². The fraction of sp³-hybridized carbons (Fsp3) is 0.467. The molecule has 20 heavy (non-hydrogen) atoms. The highest BCUT2D eigenvalue weighted by atomic mass is 19.1. The number of ketones is 1. The first-order valence-electron chi connectivity index (χ1n) is 6.53. The molecule has 1 aromatic rings. The van der Waals surface area contributed by atoms with E-state index in [-0.39, 0.29) is 24.6 Å². The number of ether oxygens (including phenoxy) is 1. The summed E-state index contributed by atoms with van der Waals surface area (Å²) in [6, 6.07) is 5.51. The largest absolute Gasteiger partial charge is 0.444 e. The second-order valence-electron chi connectivity index (χ2n) is 5.92. The van der Waals surface area contributed by atoms with E-state index >= 15 is 0 Å². The molecule has 1 heterocycles. The summed E-state index contributed by atoms with van der Waals surface area (Å²) in [5.41, 5.74) is -0.0171. The average molecular weight is 279 g/mol. The summed E-state index contributed by atoms with van der Waals surface area (Å²) in [5.74, 6) is -0.434. The van der Waals surface area contributed by atoms with Gasteiger partial charge in [0, 0.05) is 6.42 Å². The minimum Gasteiger partial charge on any atom is -0.444 e. The van der Waals surface area contributed by atoms with Crippen molar-refractivity contribution in [1.29, 1.82) is 0 Å². The first-order valence-corrected chi connectivity index (χ1v) is 6.53. The lowest BCUT2D eigenvalue weighted by atomic mass is 10.0. The lowest BCUT2D eigenvalue weighted by Crippen LogP contribution is -2.36. The molecular formula is C15H18FNO3. The molecule has 0 unspecified atom stereocenters. The predicted octanol–water partition coefficient (Wildman–Crippen LogP) is 3.08. The number of carbonyl (C=O) groups excluding carboxylic acids is 2. The molecule has 1 aromatic carbocycles. The number of Topliss-reactive ketones (excluding diaryl/α,β-unsaturated/α-hetero) is 1. The van der Waals surface area contributed by atoms with Crippen molar-refractivity contribution in [2.24, 2.45) is 0 Å². The molecule has 1 amide bonds. The molecular weight excluding hydrogens is 261 g/mol. The molecule has 0 aliphatic carbocycles. The number of hydrogen-bond donors (Lipinski definition) is 0. The Bertz CT molecular complexity index is 536. The zero-order chi connectivity index (χ0) is 14.9. The molecule has 4 nitrogen and oxygen atoms in total. The number of likely N-dealkylation sites (tertiary alicyclic amines) is 1. The van der Waals surface area contributed by atoms with Gasteiger partial charge in [-0.2, -0.15) is 0 Å². The van der Waals surface area contributed by atoms with E-state index in [4.69, 9.17) is 4.74 Å². The average Bonchev–Trinajstić information content (AvgIpc) is 2.69. The summed E-state index contributed by atoms with van der Waals surface area (Å²) < 4.78 is 18.6. The quantitative estimate of drug-likeness (QED) is 0.793. The number of amides is 1. The zero-order valence-corrected chi connectivity index (χ0v) is 11.9. The maximum absolute atomic E-state index is 13.3. The first-order chi connectivity index (χ1) is 9.26. The van der Waals surface area contributed by atoms with Gasteiger partial charge in [-0.1, -0.05) is 12.1 Å². The van der Waals surface area contributed by atoms with Crippen LogP contribution < -0.4 is 0 Å². The van der Waals surface area contributed by atoms with Gasteiger partial charge < -0.3 is 4.74 Å². The van der Waals surface area contributed by atoms with Crippen molar-refractivity contribution in [2.45, 2.75) is 38.8 Å². The van der Waals surface area contributed by atoms with Gasteiger partial charge in [0.2, 0.25) is 0 Å². The van der Waals surface area contributed by atoms with Crippen LogP contribution in [0.3, 0.4) is 0 Å². The Morgan fingerprint density at radius 3 is 2.70 bits per heavy atom. The van der Waals surface area contributed by atoms with Crippen molar-refractivity contribution >= 4 is 11.9 Å². The topological polar surface area (TPSA) is 46.6 Å². The van der Waals surface area contributed by atoms with Gasteiger partial charge in [-0.3, -0.25) is 9.69 Å². The van der Waals surface area contributed by atoms with E-state index < -0.39 is 17.7 Å². The lowest BCUT2D eigenvalue weighted by molar-refractivity contribution is -0.117. The van der Waals surface area contributed by atoms with Crippen molar-refractivity contribution < 1.29 is 18.7 Å². The van der Waals surface area contributed by atoms with Crippen LogP contribution in [0.15, 0.2) is 24.3 Å². The monoisotopic (exact) mass is 279 g/mol. The maximum Gasteiger partial charge on any atom is 0.411 e. The van der Waals surface area contributed by atoms with Crippen LogP contribution in [0, 0.1) is 5.82 Å².